The molecular formula is C21H27N3O2. The summed E-state index contributed by atoms with van der Waals surface area (Å²) in [5, 5.41) is 3.29. The normalized spacial score (nSPS) is 16.7. The number of nitrogens with two attached hydrogens (primary N) is 1. The third-order valence-electron chi connectivity index (χ3n) is 4.90. The second-order valence-electron chi connectivity index (χ2n) is 6.56. The molecule has 0 radical (unpaired) electrons. The minimum absolute atomic E-state index is 0.475. The number of ether oxygens (including phenoxy) is 2. The van der Waals surface area contributed by atoms with Gasteiger partial charge in [-0.3, -0.25) is 0 Å². The number of aryl methyl sites for hydroxylation is 1. The maximum atomic E-state index is 6.07. The molecule has 0 aliphatic heterocycles. The fourth-order valence-electron chi connectivity index (χ4n) is 3.51. The van der Waals surface area contributed by atoms with Crippen molar-refractivity contribution in [1.82, 2.24) is 5.32 Å². The summed E-state index contributed by atoms with van der Waals surface area (Å²) in [5.41, 5.74) is 10.00. The van der Waals surface area contributed by atoms with Gasteiger partial charge in [0.15, 0.2) is 17.5 Å². The summed E-state index contributed by atoms with van der Waals surface area (Å²) >= 11 is 0. The van der Waals surface area contributed by atoms with Gasteiger partial charge in [0.25, 0.3) is 0 Å². The Labute approximate surface area is 155 Å². The van der Waals surface area contributed by atoms with Crippen LogP contribution in [0.3, 0.4) is 0 Å². The van der Waals surface area contributed by atoms with Gasteiger partial charge in [0, 0.05) is 12.5 Å². The SMILES string of the molecule is COc1ccc(CN=C(N)NCC2CCCc3ccccc32)cc1OC. The quantitative estimate of drug-likeness (QED) is 0.618. The Bertz CT molecular complexity index is 774. The van der Waals surface area contributed by atoms with Crippen LogP contribution in [-0.2, 0) is 13.0 Å². The fraction of sp³-hybridized carbons (Fsp3) is 0.381. The zero-order valence-corrected chi connectivity index (χ0v) is 15.5. The molecule has 3 N–H and O–H groups in total. The van der Waals surface area contributed by atoms with Crippen LogP contribution in [0.5, 0.6) is 11.5 Å². The first-order chi connectivity index (χ1) is 12.7. The number of nitrogens with zero attached hydrogens (tertiary/aromatic N) is 1. The van der Waals surface area contributed by atoms with Crippen molar-refractivity contribution in [3.8, 4) is 11.5 Å². The monoisotopic (exact) mass is 353 g/mol. The summed E-state index contributed by atoms with van der Waals surface area (Å²) < 4.78 is 10.6. The number of aliphatic imine (C=N–C) groups is 1. The average molecular weight is 353 g/mol. The lowest BCUT2D eigenvalue weighted by atomic mass is 9.83. The Balaban J connectivity index is 1.58. The highest BCUT2D eigenvalue weighted by Gasteiger charge is 2.19. The van der Waals surface area contributed by atoms with Crippen LogP contribution in [0, 0.1) is 0 Å². The maximum Gasteiger partial charge on any atom is 0.188 e. The Morgan fingerprint density at radius 1 is 1.15 bits per heavy atom. The number of methoxy groups -OCH3 is 2. The van der Waals surface area contributed by atoms with E-state index in [4.69, 9.17) is 15.2 Å². The van der Waals surface area contributed by atoms with Gasteiger partial charge in [0.2, 0.25) is 0 Å². The number of nitrogens with one attached hydrogen (secondary N) is 1. The molecule has 0 spiro atoms. The molecular weight excluding hydrogens is 326 g/mol. The third-order valence-corrected chi connectivity index (χ3v) is 4.90. The molecule has 138 valence electrons. The zero-order chi connectivity index (χ0) is 18.4. The maximum absolute atomic E-state index is 6.07. The molecule has 0 saturated heterocycles. The van der Waals surface area contributed by atoms with E-state index in [0.29, 0.717) is 29.9 Å². The molecule has 5 heteroatoms. The second kappa shape index (κ2) is 8.61. The first kappa shape index (κ1) is 18.1. The van der Waals surface area contributed by atoms with Crippen molar-refractivity contribution in [2.75, 3.05) is 20.8 Å². The van der Waals surface area contributed by atoms with Crippen molar-refractivity contribution in [3.05, 3.63) is 59.2 Å². The lowest BCUT2D eigenvalue weighted by Crippen LogP contribution is -2.35. The summed E-state index contributed by atoms with van der Waals surface area (Å²) in [7, 11) is 3.25. The van der Waals surface area contributed by atoms with E-state index >= 15 is 0 Å². The molecule has 26 heavy (non-hydrogen) atoms. The van der Waals surface area contributed by atoms with E-state index in [1.54, 1.807) is 14.2 Å². The van der Waals surface area contributed by atoms with E-state index < -0.39 is 0 Å². The number of hydrogen-bond acceptors (Lipinski definition) is 3. The van der Waals surface area contributed by atoms with Crippen molar-refractivity contribution < 1.29 is 9.47 Å². The van der Waals surface area contributed by atoms with Crippen LogP contribution in [-0.4, -0.2) is 26.7 Å². The molecule has 1 aliphatic rings. The lowest BCUT2D eigenvalue weighted by Gasteiger charge is -2.25. The molecule has 5 nitrogen and oxygen atoms in total. The summed E-state index contributed by atoms with van der Waals surface area (Å²) in [6.45, 7) is 1.32. The molecule has 3 rings (SSSR count). The molecule has 0 aromatic heterocycles. The number of benzene rings is 2. The van der Waals surface area contributed by atoms with Crippen molar-refractivity contribution >= 4 is 5.96 Å². The number of guanidine groups is 1. The second-order valence-corrected chi connectivity index (χ2v) is 6.56. The summed E-state index contributed by atoms with van der Waals surface area (Å²) in [4.78, 5) is 4.45. The standard InChI is InChI=1S/C21H27N3O2/c1-25-19-11-10-15(12-20(19)26-2)13-23-21(22)24-14-17-8-5-7-16-6-3-4-9-18(16)17/h3-4,6,9-12,17H,5,7-8,13-14H2,1-2H3,(H3,22,23,24). The number of hydrogen-bond donors (Lipinski definition) is 2. The van der Waals surface area contributed by atoms with Crippen molar-refractivity contribution in [2.24, 2.45) is 10.7 Å². The minimum Gasteiger partial charge on any atom is -0.493 e. The molecule has 1 aliphatic carbocycles. The number of fused-ring (bicyclic) bond motifs is 1. The largest absolute Gasteiger partial charge is 0.493 e. The van der Waals surface area contributed by atoms with Crippen molar-refractivity contribution in [3.63, 3.8) is 0 Å². The van der Waals surface area contributed by atoms with Gasteiger partial charge in [-0.05, 0) is 48.1 Å². The molecule has 2 aromatic carbocycles. The number of rotatable bonds is 6. The predicted octanol–water partition coefficient (Wildman–Crippen LogP) is 3.23. The molecule has 0 heterocycles. The Morgan fingerprint density at radius 3 is 2.77 bits per heavy atom. The van der Waals surface area contributed by atoms with Gasteiger partial charge in [-0.25, -0.2) is 4.99 Å². The predicted molar refractivity (Wildman–Crippen MR) is 105 cm³/mol. The van der Waals surface area contributed by atoms with Gasteiger partial charge < -0.3 is 20.5 Å². The van der Waals surface area contributed by atoms with Gasteiger partial charge in [-0.2, -0.15) is 0 Å². The molecule has 1 atom stereocenters. The lowest BCUT2D eigenvalue weighted by molar-refractivity contribution is 0.354. The molecule has 0 amide bonds. The van der Waals surface area contributed by atoms with Crippen LogP contribution in [0.1, 0.15) is 35.4 Å². The average Bonchev–Trinajstić information content (AvgIpc) is 2.70. The van der Waals surface area contributed by atoms with E-state index in [1.807, 2.05) is 18.2 Å². The topological polar surface area (TPSA) is 68.9 Å². The Hall–Kier alpha value is -2.69. The summed E-state index contributed by atoms with van der Waals surface area (Å²) in [6.07, 6.45) is 3.59. The van der Waals surface area contributed by atoms with Gasteiger partial charge in [-0.15, -0.1) is 0 Å². The first-order valence-corrected chi connectivity index (χ1v) is 9.03. The highest BCUT2D eigenvalue weighted by Crippen LogP contribution is 2.31. The highest BCUT2D eigenvalue weighted by molar-refractivity contribution is 5.77. The Morgan fingerprint density at radius 2 is 1.96 bits per heavy atom. The first-order valence-electron chi connectivity index (χ1n) is 9.03. The molecule has 0 bridgehead atoms. The van der Waals surface area contributed by atoms with Crippen LogP contribution >= 0.6 is 0 Å². The third kappa shape index (κ3) is 4.28. The van der Waals surface area contributed by atoms with E-state index in [9.17, 15) is 0 Å². The van der Waals surface area contributed by atoms with E-state index in [2.05, 4.69) is 34.6 Å². The molecule has 1 unspecified atom stereocenters. The van der Waals surface area contributed by atoms with Gasteiger partial charge in [0.1, 0.15) is 0 Å². The van der Waals surface area contributed by atoms with Crippen LogP contribution in [0.2, 0.25) is 0 Å². The van der Waals surface area contributed by atoms with Crippen LogP contribution in [0.25, 0.3) is 0 Å². The minimum atomic E-state index is 0.475. The van der Waals surface area contributed by atoms with Crippen molar-refractivity contribution in [1.29, 1.82) is 0 Å². The summed E-state index contributed by atoms with van der Waals surface area (Å²) in [6, 6.07) is 14.5. The van der Waals surface area contributed by atoms with Crippen LogP contribution < -0.4 is 20.5 Å². The van der Waals surface area contributed by atoms with E-state index in [0.717, 1.165) is 12.1 Å². The van der Waals surface area contributed by atoms with Gasteiger partial charge >= 0.3 is 0 Å². The van der Waals surface area contributed by atoms with Crippen molar-refractivity contribution in [2.45, 2.75) is 31.7 Å². The van der Waals surface area contributed by atoms with E-state index in [-0.39, 0.29) is 0 Å². The smallest absolute Gasteiger partial charge is 0.188 e. The van der Waals surface area contributed by atoms with Crippen LogP contribution in [0.15, 0.2) is 47.5 Å². The Kier molecular flexibility index (Phi) is 6.00. The summed E-state index contributed by atoms with van der Waals surface area (Å²) in [5.74, 6) is 2.38. The zero-order valence-electron chi connectivity index (χ0n) is 15.5. The van der Waals surface area contributed by atoms with Gasteiger partial charge in [0.05, 0.1) is 20.8 Å². The molecule has 0 fully saturated rings. The van der Waals surface area contributed by atoms with Gasteiger partial charge in [-0.1, -0.05) is 30.3 Å². The highest BCUT2D eigenvalue weighted by atomic mass is 16.5. The van der Waals surface area contributed by atoms with Crippen LogP contribution in [0.4, 0.5) is 0 Å². The molecule has 0 saturated carbocycles. The molecule has 2 aromatic rings. The fourth-order valence-corrected chi connectivity index (χ4v) is 3.51. The van der Waals surface area contributed by atoms with E-state index in [1.165, 1.54) is 30.4 Å².